The zero-order valence-electron chi connectivity index (χ0n) is 11.4. The number of fused-ring (bicyclic) bond motifs is 1. The Morgan fingerprint density at radius 2 is 2.25 bits per heavy atom. The number of rotatable bonds is 3. The van der Waals surface area contributed by atoms with Crippen LogP contribution in [-0.4, -0.2) is 27.8 Å². The minimum atomic E-state index is 0.00343. The fraction of sp³-hybridized carbons (Fsp3) is 0.200. The Bertz CT molecular complexity index is 759. The van der Waals surface area contributed by atoms with Crippen LogP contribution in [0, 0.1) is 6.92 Å². The van der Waals surface area contributed by atoms with Crippen LogP contribution in [-0.2, 0) is 6.54 Å². The molecule has 1 N–H and O–H groups in total. The zero-order valence-corrected chi connectivity index (χ0v) is 12.2. The van der Waals surface area contributed by atoms with Gasteiger partial charge in [-0.2, -0.15) is 0 Å². The van der Waals surface area contributed by atoms with E-state index in [4.69, 9.17) is 0 Å². The smallest absolute Gasteiger partial charge is 0.256 e. The van der Waals surface area contributed by atoms with Gasteiger partial charge >= 0.3 is 0 Å². The molecule has 0 atom stereocenters. The molecule has 3 rings (SSSR count). The van der Waals surface area contributed by atoms with Crippen molar-refractivity contribution in [3.05, 3.63) is 52.1 Å². The molecule has 0 unspecified atom stereocenters. The van der Waals surface area contributed by atoms with Crippen LogP contribution >= 0.6 is 11.3 Å². The number of H-pyrrole nitrogens is 1. The van der Waals surface area contributed by atoms with E-state index in [1.807, 2.05) is 42.8 Å². The summed E-state index contributed by atoms with van der Waals surface area (Å²) in [6.07, 6.45) is 1.85. The molecule has 0 saturated carbocycles. The first-order chi connectivity index (χ1) is 9.65. The average Bonchev–Trinajstić information content (AvgIpc) is 3.06. The van der Waals surface area contributed by atoms with Gasteiger partial charge in [-0.15, -0.1) is 11.3 Å². The van der Waals surface area contributed by atoms with Gasteiger partial charge in [-0.3, -0.25) is 4.79 Å². The van der Waals surface area contributed by atoms with Crippen LogP contribution in [0.4, 0.5) is 0 Å². The predicted octanol–water partition coefficient (Wildman–Crippen LogP) is 3.21. The molecule has 0 aliphatic heterocycles. The van der Waals surface area contributed by atoms with Crippen molar-refractivity contribution in [2.75, 3.05) is 7.05 Å². The largest absolute Gasteiger partial charge is 0.361 e. The number of thiazole rings is 1. The number of aromatic nitrogens is 2. The summed E-state index contributed by atoms with van der Waals surface area (Å²) in [5.41, 5.74) is 2.52. The van der Waals surface area contributed by atoms with Crippen LogP contribution in [0.15, 0.2) is 35.8 Å². The highest BCUT2D eigenvalue weighted by Crippen LogP contribution is 2.19. The maximum absolute atomic E-state index is 12.5. The summed E-state index contributed by atoms with van der Waals surface area (Å²) in [7, 11) is 1.80. The molecule has 2 aromatic heterocycles. The van der Waals surface area contributed by atoms with Crippen molar-refractivity contribution in [2.24, 2.45) is 0 Å². The predicted molar refractivity (Wildman–Crippen MR) is 80.9 cm³/mol. The number of carbonyl (C=O) groups is 1. The first kappa shape index (κ1) is 12.9. The van der Waals surface area contributed by atoms with Gasteiger partial charge in [0.15, 0.2) is 0 Å². The Balaban J connectivity index is 1.86. The van der Waals surface area contributed by atoms with E-state index >= 15 is 0 Å². The highest BCUT2D eigenvalue weighted by molar-refractivity contribution is 7.09. The van der Waals surface area contributed by atoms with Gasteiger partial charge in [0, 0.05) is 24.0 Å². The van der Waals surface area contributed by atoms with E-state index in [0.717, 1.165) is 21.6 Å². The lowest BCUT2D eigenvalue weighted by molar-refractivity contribution is 0.0785. The number of nitrogens with zero attached hydrogens (tertiary/aromatic N) is 2. The van der Waals surface area contributed by atoms with Crippen LogP contribution in [0.1, 0.15) is 21.1 Å². The molecule has 5 heteroatoms. The third kappa shape index (κ3) is 2.32. The van der Waals surface area contributed by atoms with E-state index in [1.54, 1.807) is 23.3 Å². The van der Waals surface area contributed by atoms with Gasteiger partial charge < -0.3 is 9.88 Å². The Labute approximate surface area is 121 Å². The Morgan fingerprint density at radius 3 is 3.00 bits per heavy atom. The van der Waals surface area contributed by atoms with Crippen molar-refractivity contribution >= 4 is 28.1 Å². The van der Waals surface area contributed by atoms with Crippen molar-refractivity contribution in [2.45, 2.75) is 13.5 Å². The first-order valence-corrected chi connectivity index (χ1v) is 7.25. The molecule has 2 heterocycles. The molecule has 0 saturated heterocycles. The summed E-state index contributed by atoms with van der Waals surface area (Å²) in [6.45, 7) is 2.50. The van der Waals surface area contributed by atoms with E-state index < -0.39 is 0 Å². The maximum Gasteiger partial charge on any atom is 0.256 e. The Hall–Kier alpha value is -2.14. The normalized spacial score (nSPS) is 10.9. The number of aryl methyl sites for hydroxylation is 1. The summed E-state index contributed by atoms with van der Waals surface area (Å²) in [5.74, 6) is 0.00343. The van der Waals surface area contributed by atoms with Crippen molar-refractivity contribution in [3.8, 4) is 0 Å². The number of aromatic amines is 1. The maximum atomic E-state index is 12.5. The lowest BCUT2D eigenvalue weighted by Gasteiger charge is -2.16. The third-order valence-corrected chi connectivity index (χ3v) is 4.05. The van der Waals surface area contributed by atoms with E-state index in [2.05, 4.69) is 9.97 Å². The standard InChI is InChI=1S/C15H15N3OS/c1-10-17-12(9-20-10)8-18(2)15(19)13-5-3-4-11-6-7-16-14(11)13/h3-7,9,16H,8H2,1-2H3. The number of hydrogen-bond donors (Lipinski definition) is 1. The minimum absolute atomic E-state index is 0.00343. The van der Waals surface area contributed by atoms with Crippen LogP contribution < -0.4 is 0 Å². The Morgan fingerprint density at radius 1 is 1.40 bits per heavy atom. The Kier molecular flexibility index (Phi) is 3.28. The van der Waals surface area contributed by atoms with E-state index in [0.29, 0.717) is 12.1 Å². The van der Waals surface area contributed by atoms with Gasteiger partial charge in [0.1, 0.15) is 0 Å². The topological polar surface area (TPSA) is 49.0 Å². The summed E-state index contributed by atoms with van der Waals surface area (Å²) >= 11 is 1.60. The van der Waals surface area contributed by atoms with Crippen LogP contribution in [0.5, 0.6) is 0 Å². The van der Waals surface area contributed by atoms with Crippen molar-refractivity contribution in [1.82, 2.24) is 14.9 Å². The fourth-order valence-corrected chi connectivity index (χ4v) is 2.87. The molecule has 4 nitrogen and oxygen atoms in total. The zero-order chi connectivity index (χ0) is 14.1. The SMILES string of the molecule is Cc1nc(CN(C)C(=O)c2cccc3cc[nH]c23)cs1. The highest BCUT2D eigenvalue weighted by atomic mass is 32.1. The van der Waals surface area contributed by atoms with Gasteiger partial charge in [0.05, 0.1) is 28.3 Å². The van der Waals surface area contributed by atoms with Crippen LogP contribution in [0.25, 0.3) is 10.9 Å². The molecular formula is C15H15N3OS. The molecule has 0 aliphatic carbocycles. The molecule has 0 fully saturated rings. The highest BCUT2D eigenvalue weighted by Gasteiger charge is 2.16. The lowest BCUT2D eigenvalue weighted by Crippen LogP contribution is -2.26. The molecule has 0 radical (unpaired) electrons. The molecule has 1 amide bonds. The number of amides is 1. The number of benzene rings is 1. The van der Waals surface area contributed by atoms with Gasteiger partial charge in [-0.05, 0) is 19.1 Å². The lowest BCUT2D eigenvalue weighted by atomic mass is 10.1. The fourth-order valence-electron chi connectivity index (χ4n) is 2.26. The van der Waals surface area contributed by atoms with Gasteiger partial charge in [0.25, 0.3) is 5.91 Å². The van der Waals surface area contributed by atoms with E-state index in [9.17, 15) is 4.79 Å². The second-order valence-electron chi connectivity index (χ2n) is 4.77. The second kappa shape index (κ2) is 5.09. The van der Waals surface area contributed by atoms with Gasteiger partial charge in [-0.25, -0.2) is 4.98 Å². The minimum Gasteiger partial charge on any atom is -0.361 e. The molecule has 3 aromatic rings. The molecule has 0 aliphatic rings. The van der Waals surface area contributed by atoms with Crippen molar-refractivity contribution in [1.29, 1.82) is 0 Å². The summed E-state index contributed by atoms with van der Waals surface area (Å²) < 4.78 is 0. The summed E-state index contributed by atoms with van der Waals surface area (Å²) in [5, 5.41) is 4.06. The molecular weight excluding hydrogens is 270 g/mol. The number of carbonyl (C=O) groups excluding carboxylic acids is 1. The van der Waals surface area contributed by atoms with E-state index in [-0.39, 0.29) is 5.91 Å². The van der Waals surface area contributed by atoms with Gasteiger partial charge in [0.2, 0.25) is 0 Å². The number of para-hydroxylation sites is 1. The van der Waals surface area contributed by atoms with Crippen LogP contribution in [0.3, 0.4) is 0 Å². The monoisotopic (exact) mass is 285 g/mol. The van der Waals surface area contributed by atoms with E-state index in [1.165, 1.54) is 0 Å². The van der Waals surface area contributed by atoms with Crippen molar-refractivity contribution in [3.63, 3.8) is 0 Å². The van der Waals surface area contributed by atoms with Gasteiger partial charge in [-0.1, -0.05) is 12.1 Å². The second-order valence-corrected chi connectivity index (χ2v) is 5.83. The number of nitrogens with one attached hydrogen (secondary N) is 1. The average molecular weight is 285 g/mol. The molecule has 102 valence electrons. The third-order valence-electron chi connectivity index (χ3n) is 3.23. The number of hydrogen-bond acceptors (Lipinski definition) is 3. The summed E-state index contributed by atoms with van der Waals surface area (Å²) in [6, 6.07) is 7.72. The molecule has 20 heavy (non-hydrogen) atoms. The molecule has 1 aromatic carbocycles. The molecule has 0 bridgehead atoms. The van der Waals surface area contributed by atoms with Crippen molar-refractivity contribution < 1.29 is 4.79 Å². The first-order valence-electron chi connectivity index (χ1n) is 6.38. The van der Waals surface area contributed by atoms with Crippen LogP contribution in [0.2, 0.25) is 0 Å². The quantitative estimate of drug-likeness (QED) is 0.803. The summed E-state index contributed by atoms with van der Waals surface area (Å²) in [4.78, 5) is 21.8. The molecule has 0 spiro atoms.